The van der Waals surface area contributed by atoms with Crippen LogP contribution in [0.5, 0.6) is 0 Å². The number of thiazole rings is 1. The predicted octanol–water partition coefficient (Wildman–Crippen LogP) is 3.07. The fourth-order valence-electron chi connectivity index (χ4n) is 3.60. The van der Waals surface area contributed by atoms with Gasteiger partial charge in [0, 0.05) is 35.2 Å². The highest BCUT2D eigenvalue weighted by Crippen LogP contribution is 2.29. The van der Waals surface area contributed by atoms with Crippen LogP contribution in [0.2, 0.25) is 0 Å². The van der Waals surface area contributed by atoms with E-state index in [2.05, 4.69) is 45.0 Å². The van der Waals surface area contributed by atoms with E-state index in [1.165, 1.54) is 24.9 Å². The van der Waals surface area contributed by atoms with Crippen LogP contribution >= 0.6 is 11.3 Å². The summed E-state index contributed by atoms with van der Waals surface area (Å²) in [6, 6.07) is 2.17. The molecule has 9 heteroatoms. The second-order valence-corrected chi connectivity index (χ2v) is 7.73. The summed E-state index contributed by atoms with van der Waals surface area (Å²) in [5.41, 5.74) is 5.61. The summed E-state index contributed by atoms with van der Waals surface area (Å²) in [4.78, 5) is 9.91. The van der Waals surface area contributed by atoms with Gasteiger partial charge in [-0.15, -0.1) is 11.3 Å². The highest BCUT2D eigenvalue weighted by atomic mass is 32.1. The molecule has 1 saturated carbocycles. The number of rotatable bonds is 6. The van der Waals surface area contributed by atoms with E-state index >= 15 is 0 Å². The molecular formula is C19H25N7OS. The second-order valence-electron chi connectivity index (χ2n) is 6.89. The maximum atomic E-state index is 5.15. The lowest BCUT2D eigenvalue weighted by atomic mass is 10.2. The third-order valence-corrected chi connectivity index (χ3v) is 5.83. The molecule has 0 aromatic carbocycles. The summed E-state index contributed by atoms with van der Waals surface area (Å²) in [6.45, 7) is 5.39. The van der Waals surface area contributed by atoms with Gasteiger partial charge in [0.2, 0.25) is 10.7 Å². The maximum Gasteiger partial charge on any atom is 0.229 e. The van der Waals surface area contributed by atoms with Gasteiger partial charge in [-0.3, -0.25) is 9.56 Å². The van der Waals surface area contributed by atoms with E-state index in [1.807, 2.05) is 4.68 Å². The van der Waals surface area contributed by atoms with Crippen molar-refractivity contribution in [2.45, 2.75) is 39.5 Å². The largest absolute Gasteiger partial charge is 0.383 e. The quantitative estimate of drug-likeness (QED) is 0.647. The Morgan fingerprint density at radius 2 is 2.11 bits per heavy atom. The molecule has 1 aliphatic rings. The number of nitrogens with one attached hydrogen (secondary N) is 1. The molecule has 3 aromatic rings. The van der Waals surface area contributed by atoms with Gasteiger partial charge >= 0.3 is 0 Å². The smallest absolute Gasteiger partial charge is 0.229 e. The summed E-state index contributed by atoms with van der Waals surface area (Å²) in [7, 11) is 1.69. The first-order chi connectivity index (χ1) is 13.7. The monoisotopic (exact) mass is 399 g/mol. The number of hydrogen-bond acceptors (Lipinski definition) is 6. The molecule has 0 spiro atoms. The Hall–Kier alpha value is -2.52. The molecule has 148 valence electrons. The third kappa shape index (κ3) is 3.59. The fourth-order valence-corrected chi connectivity index (χ4v) is 4.45. The first kappa shape index (κ1) is 18.8. The number of aromatic amines is 1. The van der Waals surface area contributed by atoms with Crippen molar-refractivity contribution in [3.05, 3.63) is 34.0 Å². The molecule has 0 saturated heterocycles. The van der Waals surface area contributed by atoms with E-state index in [4.69, 9.17) is 14.8 Å². The van der Waals surface area contributed by atoms with Gasteiger partial charge in [0.1, 0.15) is 6.33 Å². The molecule has 0 amide bonds. The number of ether oxygens (including phenoxy) is 1. The molecule has 0 unspecified atom stereocenters. The van der Waals surface area contributed by atoms with E-state index in [0.717, 1.165) is 46.2 Å². The predicted molar refractivity (Wildman–Crippen MR) is 110 cm³/mol. The van der Waals surface area contributed by atoms with E-state index in [9.17, 15) is 0 Å². The van der Waals surface area contributed by atoms with E-state index in [1.54, 1.807) is 18.4 Å². The summed E-state index contributed by atoms with van der Waals surface area (Å²) >= 11 is 1.61. The number of hydrogen-bond donors (Lipinski definition) is 1. The second kappa shape index (κ2) is 8.24. The molecule has 1 fully saturated rings. The number of nitrogens with zero attached hydrogens (tertiary/aromatic N) is 6. The van der Waals surface area contributed by atoms with Gasteiger partial charge in [-0.25, -0.2) is 9.77 Å². The van der Waals surface area contributed by atoms with E-state index in [0.29, 0.717) is 13.2 Å². The lowest BCUT2D eigenvalue weighted by Gasteiger charge is -2.07. The molecule has 1 N–H and O–H groups in total. The van der Waals surface area contributed by atoms with Gasteiger partial charge in [-0.2, -0.15) is 15.2 Å². The lowest BCUT2D eigenvalue weighted by molar-refractivity contribution is 0.207. The highest BCUT2D eigenvalue weighted by molar-refractivity contribution is 7.07. The number of H-pyrrole nitrogens is 1. The molecule has 1 aliphatic carbocycles. The minimum atomic E-state index is 0.601. The van der Waals surface area contributed by atoms with Gasteiger partial charge in [-0.05, 0) is 45.6 Å². The number of aromatic nitrogens is 5. The van der Waals surface area contributed by atoms with E-state index < -0.39 is 0 Å². The van der Waals surface area contributed by atoms with Crippen molar-refractivity contribution in [3.63, 3.8) is 0 Å². The molecule has 3 aromatic heterocycles. The van der Waals surface area contributed by atoms with Crippen LogP contribution in [0, 0.1) is 13.8 Å². The first-order valence-corrected chi connectivity index (χ1v) is 10.4. The maximum absolute atomic E-state index is 5.15. The van der Waals surface area contributed by atoms with Crippen LogP contribution in [0.3, 0.4) is 0 Å². The average molecular weight is 400 g/mol. The topological polar surface area (TPSA) is 85.4 Å². The highest BCUT2D eigenvalue weighted by Gasteiger charge is 2.18. The zero-order chi connectivity index (χ0) is 19.5. The molecule has 0 atom stereocenters. The minimum absolute atomic E-state index is 0.601. The van der Waals surface area contributed by atoms with Crippen molar-refractivity contribution < 1.29 is 4.74 Å². The van der Waals surface area contributed by atoms with Crippen LogP contribution in [0.4, 0.5) is 0 Å². The van der Waals surface area contributed by atoms with Gasteiger partial charge in [-0.1, -0.05) is 0 Å². The molecule has 0 bridgehead atoms. The fraction of sp³-hybridized carbons (Fsp3) is 0.474. The standard InChI is InChI=1S/C19H25N7OS/c1-13-10-16(14(2)25(13)18-21-12-22-23-18)17-11-28-19(20-8-9-27-3)26(17)24-15-6-4-5-7-15/h10-12H,4-9H2,1-3H3,(H,21,22,23). The van der Waals surface area contributed by atoms with Crippen molar-refractivity contribution in [2.75, 3.05) is 20.3 Å². The summed E-state index contributed by atoms with van der Waals surface area (Å²) < 4.78 is 9.24. The SMILES string of the molecule is COCCN=c1scc(-c2cc(C)n(-c3ncn[nH]3)c2C)n1N=C1CCCC1. The summed E-state index contributed by atoms with van der Waals surface area (Å²) in [6.07, 6.45) is 6.09. The van der Waals surface area contributed by atoms with Crippen LogP contribution in [-0.2, 0) is 4.74 Å². The third-order valence-electron chi connectivity index (χ3n) is 4.97. The molecule has 3 heterocycles. The van der Waals surface area contributed by atoms with Crippen LogP contribution < -0.4 is 4.80 Å². The molecule has 0 aliphatic heterocycles. The Kier molecular flexibility index (Phi) is 5.54. The lowest BCUT2D eigenvalue weighted by Crippen LogP contribution is -2.15. The van der Waals surface area contributed by atoms with Gasteiger partial charge < -0.3 is 4.74 Å². The molecular weight excluding hydrogens is 374 g/mol. The van der Waals surface area contributed by atoms with Crippen molar-refractivity contribution in [1.82, 2.24) is 24.4 Å². The molecule has 28 heavy (non-hydrogen) atoms. The van der Waals surface area contributed by atoms with Crippen molar-refractivity contribution in [3.8, 4) is 17.2 Å². The summed E-state index contributed by atoms with van der Waals surface area (Å²) in [5.74, 6) is 0.718. The van der Waals surface area contributed by atoms with Crippen LogP contribution in [0.1, 0.15) is 37.1 Å². The molecule has 4 rings (SSSR count). The normalized spacial score (nSPS) is 15.0. The Labute approximate surface area is 167 Å². The molecule has 8 nitrogen and oxygen atoms in total. The Morgan fingerprint density at radius 3 is 2.82 bits per heavy atom. The molecule has 0 radical (unpaired) electrons. The van der Waals surface area contributed by atoms with Gasteiger partial charge in [0.05, 0.1) is 18.8 Å². The van der Waals surface area contributed by atoms with Crippen LogP contribution in [-0.4, -0.2) is 50.4 Å². The van der Waals surface area contributed by atoms with Crippen LogP contribution in [0.15, 0.2) is 27.9 Å². The zero-order valence-corrected chi connectivity index (χ0v) is 17.3. The number of methoxy groups -OCH3 is 1. The minimum Gasteiger partial charge on any atom is -0.383 e. The van der Waals surface area contributed by atoms with Gasteiger partial charge in [0.15, 0.2) is 0 Å². The summed E-state index contributed by atoms with van der Waals surface area (Å²) in [5, 5.41) is 14.1. The van der Waals surface area contributed by atoms with Gasteiger partial charge in [0.25, 0.3) is 0 Å². The van der Waals surface area contributed by atoms with Crippen LogP contribution in [0.25, 0.3) is 17.2 Å². The van der Waals surface area contributed by atoms with E-state index in [-0.39, 0.29) is 0 Å². The number of aryl methyl sites for hydroxylation is 1. The Balaban J connectivity index is 1.83. The Morgan fingerprint density at radius 1 is 1.29 bits per heavy atom. The Bertz CT molecular complexity index is 1030. The van der Waals surface area contributed by atoms with Crippen molar-refractivity contribution >= 4 is 17.0 Å². The zero-order valence-electron chi connectivity index (χ0n) is 16.5. The van der Waals surface area contributed by atoms with Crippen molar-refractivity contribution in [1.29, 1.82) is 0 Å². The first-order valence-electron chi connectivity index (χ1n) is 9.50. The average Bonchev–Trinajstić information content (AvgIpc) is 3.46. The van der Waals surface area contributed by atoms with Crippen molar-refractivity contribution in [2.24, 2.45) is 10.1 Å².